The lowest BCUT2D eigenvalue weighted by atomic mass is 10.1. The van der Waals surface area contributed by atoms with E-state index in [1.807, 2.05) is 25.1 Å². The van der Waals surface area contributed by atoms with Crippen LogP contribution in [0.25, 0.3) is 0 Å². The summed E-state index contributed by atoms with van der Waals surface area (Å²) in [6, 6.07) is 10.2. The molecule has 1 atom stereocenters. The van der Waals surface area contributed by atoms with Gasteiger partial charge in [-0.2, -0.15) is 13.2 Å². The molecule has 1 heterocycles. The highest BCUT2D eigenvalue weighted by Gasteiger charge is 2.26. The first-order valence-corrected chi connectivity index (χ1v) is 8.37. The van der Waals surface area contributed by atoms with Gasteiger partial charge in [0.05, 0.1) is 6.42 Å². The first-order valence-electron chi connectivity index (χ1n) is 8.37. The van der Waals surface area contributed by atoms with Gasteiger partial charge in [-0.3, -0.25) is 4.99 Å². The second-order valence-corrected chi connectivity index (χ2v) is 5.95. The van der Waals surface area contributed by atoms with Gasteiger partial charge in [0, 0.05) is 38.4 Å². The van der Waals surface area contributed by atoms with Crippen LogP contribution in [-0.2, 0) is 0 Å². The smallest absolute Gasteiger partial charge is 0.371 e. The van der Waals surface area contributed by atoms with Crippen molar-refractivity contribution in [1.29, 1.82) is 0 Å². The molecule has 2 rings (SSSR count). The van der Waals surface area contributed by atoms with Gasteiger partial charge in [-0.1, -0.05) is 18.2 Å². The number of hydrogen-bond donors (Lipinski definition) is 2. The molecule has 8 heteroatoms. The number of para-hydroxylation sites is 1. The third kappa shape index (κ3) is 8.15. The maximum atomic E-state index is 12.2. The van der Waals surface area contributed by atoms with Gasteiger partial charge in [-0.25, -0.2) is 0 Å². The van der Waals surface area contributed by atoms with Gasteiger partial charge < -0.3 is 15.5 Å². The zero-order chi connectivity index (χ0) is 17.4. The molecule has 1 aromatic rings. The van der Waals surface area contributed by atoms with E-state index in [4.69, 9.17) is 0 Å². The number of nitrogens with zero attached hydrogens (tertiary/aromatic N) is 2. The molecule has 4 nitrogen and oxygen atoms in total. The Balaban J connectivity index is 0.00000312. The number of alkyl halides is 3. The molecule has 1 saturated heterocycles. The molecular formula is C17H26F3IN4. The van der Waals surface area contributed by atoms with Gasteiger partial charge in [0.1, 0.15) is 0 Å². The van der Waals surface area contributed by atoms with Gasteiger partial charge in [0.25, 0.3) is 0 Å². The molecule has 1 aliphatic heterocycles. The van der Waals surface area contributed by atoms with Gasteiger partial charge in [-0.15, -0.1) is 24.0 Å². The van der Waals surface area contributed by atoms with Gasteiger partial charge in [-0.05, 0) is 31.4 Å². The van der Waals surface area contributed by atoms with Crippen LogP contribution in [0.15, 0.2) is 35.3 Å². The quantitative estimate of drug-likeness (QED) is 0.379. The summed E-state index contributed by atoms with van der Waals surface area (Å²) in [7, 11) is 0. The first-order chi connectivity index (χ1) is 11.5. The van der Waals surface area contributed by atoms with E-state index in [1.54, 1.807) is 0 Å². The lowest BCUT2D eigenvalue weighted by Gasteiger charge is -2.18. The molecule has 0 bridgehead atoms. The fourth-order valence-electron chi connectivity index (χ4n) is 2.74. The summed E-state index contributed by atoms with van der Waals surface area (Å²) in [5, 5.41) is 5.74. The van der Waals surface area contributed by atoms with E-state index in [0.29, 0.717) is 25.0 Å². The summed E-state index contributed by atoms with van der Waals surface area (Å²) >= 11 is 0. The summed E-state index contributed by atoms with van der Waals surface area (Å²) in [4.78, 5) is 6.77. The van der Waals surface area contributed by atoms with Crippen molar-refractivity contribution in [2.75, 3.05) is 37.6 Å². The zero-order valence-corrected chi connectivity index (χ0v) is 16.7. The number of hydrogen-bond acceptors (Lipinski definition) is 2. The third-order valence-corrected chi connectivity index (χ3v) is 3.96. The molecular weight excluding hydrogens is 444 g/mol. The summed E-state index contributed by atoms with van der Waals surface area (Å²) < 4.78 is 36.7. The Hall–Kier alpha value is -1.19. The number of nitrogens with one attached hydrogen (secondary N) is 2. The lowest BCUT2D eigenvalue weighted by Crippen LogP contribution is -2.39. The molecule has 2 N–H and O–H groups in total. The minimum atomic E-state index is -4.15. The Labute approximate surface area is 164 Å². The van der Waals surface area contributed by atoms with E-state index in [-0.39, 0.29) is 30.5 Å². The molecule has 1 unspecified atom stereocenters. The molecule has 0 saturated carbocycles. The van der Waals surface area contributed by atoms with Crippen LogP contribution in [0.5, 0.6) is 0 Å². The van der Waals surface area contributed by atoms with E-state index < -0.39 is 12.6 Å². The summed E-state index contributed by atoms with van der Waals surface area (Å²) in [5.74, 6) is 0.878. The Kier molecular flexibility index (Phi) is 9.37. The molecule has 1 aliphatic rings. The number of guanidine groups is 1. The molecule has 0 amide bonds. The molecule has 0 radical (unpaired) electrons. The molecule has 1 aromatic carbocycles. The molecule has 25 heavy (non-hydrogen) atoms. The molecule has 142 valence electrons. The Morgan fingerprint density at radius 1 is 1.24 bits per heavy atom. The third-order valence-electron chi connectivity index (χ3n) is 3.96. The van der Waals surface area contributed by atoms with Crippen LogP contribution in [0.1, 0.15) is 19.8 Å². The molecule has 0 aromatic heterocycles. The van der Waals surface area contributed by atoms with Crippen molar-refractivity contribution in [3.05, 3.63) is 30.3 Å². The number of halogens is 4. The van der Waals surface area contributed by atoms with Crippen LogP contribution in [0.2, 0.25) is 0 Å². The van der Waals surface area contributed by atoms with Gasteiger partial charge >= 0.3 is 6.18 Å². The fourth-order valence-corrected chi connectivity index (χ4v) is 2.74. The van der Waals surface area contributed by atoms with E-state index in [0.717, 1.165) is 19.5 Å². The van der Waals surface area contributed by atoms with Crippen LogP contribution >= 0.6 is 24.0 Å². The Morgan fingerprint density at radius 2 is 1.96 bits per heavy atom. The largest absolute Gasteiger partial charge is 0.390 e. The number of aliphatic imine (C=N–C) groups is 1. The molecule has 0 spiro atoms. The van der Waals surface area contributed by atoms with Gasteiger partial charge in [0.15, 0.2) is 5.96 Å². The highest BCUT2D eigenvalue weighted by atomic mass is 127. The highest BCUT2D eigenvalue weighted by molar-refractivity contribution is 14.0. The number of benzene rings is 1. The van der Waals surface area contributed by atoms with E-state index in [2.05, 4.69) is 32.7 Å². The topological polar surface area (TPSA) is 39.7 Å². The number of anilines is 1. The van der Waals surface area contributed by atoms with Gasteiger partial charge in [0.2, 0.25) is 0 Å². The monoisotopic (exact) mass is 470 g/mol. The average molecular weight is 470 g/mol. The highest BCUT2D eigenvalue weighted by Crippen LogP contribution is 2.23. The second kappa shape index (κ2) is 10.7. The van der Waals surface area contributed by atoms with Crippen molar-refractivity contribution in [3.63, 3.8) is 0 Å². The predicted octanol–water partition coefficient (Wildman–Crippen LogP) is 3.64. The summed E-state index contributed by atoms with van der Waals surface area (Å²) in [6.45, 7) is 4.89. The zero-order valence-electron chi connectivity index (χ0n) is 14.4. The second-order valence-electron chi connectivity index (χ2n) is 5.95. The normalized spacial score (nSPS) is 18.0. The number of rotatable bonds is 6. The summed E-state index contributed by atoms with van der Waals surface area (Å²) in [6.07, 6.45) is -3.96. The van der Waals surface area contributed by atoms with E-state index >= 15 is 0 Å². The Morgan fingerprint density at radius 3 is 2.60 bits per heavy atom. The fraction of sp³-hybridized carbons (Fsp3) is 0.588. The Bertz CT molecular complexity index is 522. The van der Waals surface area contributed by atoms with Crippen molar-refractivity contribution in [3.8, 4) is 0 Å². The molecule has 0 aliphatic carbocycles. The lowest BCUT2D eigenvalue weighted by molar-refractivity contribution is -0.132. The molecule has 1 fully saturated rings. The van der Waals surface area contributed by atoms with E-state index in [9.17, 15) is 13.2 Å². The van der Waals surface area contributed by atoms with Crippen molar-refractivity contribution in [2.24, 2.45) is 10.9 Å². The standard InChI is InChI=1S/C17H25F3N4.HI/c1-2-21-16(22-10-9-17(18,19)20)23-12-14-8-11-24(13-14)15-6-4-3-5-7-15;/h3-7,14H,2,8-13H2,1H3,(H2,21,22,23);1H. The predicted molar refractivity (Wildman–Crippen MR) is 107 cm³/mol. The maximum absolute atomic E-state index is 12.2. The maximum Gasteiger partial charge on any atom is 0.390 e. The van der Waals surface area contributed by atoms with Crippen LogP contribution < -0.4 is 15.5 Å². The minimum absolute atomic E-state index is 0. The van der Waals surface area contributed by atoms with Crippen molar-refractivity contribution < 1.29 is 13.2 Å². The summed E-state index contributed by atoms with van der Waals surface area (Å²) in [5.41, 5.74) is 1.21. The van der Waals surface area contributed by atoms with Crippen molar-refractivity contribution in [1.82, 2.24) is 10.6 Å². The van der Waals surface area contributed by atoms with Crippen LogP contribution in [-0.4, -0.2) is 44.9 Å². The van der Waals surface area contributed by atoms with Crippen LogP contribution in [0.3, 0.4) is 0 Å². The van der Waals surface area contributed by atoms with Crippen molar-refractivity contribution in [2.45, 2.75) is 25.9 Å². The van der Waals surface area contributed by atoms with Crippen molar-refractivity contribution >= 4 is 35.6 Å². The van der Waals surface area contributed by atoms with E-state index in [1.165, 1.54) is 5.69 Å². The SMILES string of the molecule is CCNC(=NCC1CCN(c2ccccc2)C1)NCCC(F)(F)F.I. The van der Waals surface area contributed by atoms with Crippen LogP contribution in [0, 0.1) is 5.92 Å². The van der Waals surface area contributed by atoms with Crippen LogP contribution in [0.4, 0.5) is 18.9 Å². The first kappa shape index (κ1) is 21.9. The minimum Gasteiger partial charge on any atom is -0.371 e. The average Bonchev–Trinajstić information content (AvgIpc) is 3.01.